The largest absolute Gasteiger partial charge is 0.337 e. The number of aromatic nitrogens is 1. The van der Waals surface area contributed by atoms with Crippen molar-refractivity contribution in [2.45, 2.75) is 37.6 Å². The highest BCUT2D eigenvalue weighted by Crippen LogP contribution is 2.48. The van der Waals surface area contributed by atoms with Crippen LogP contribution in [0.3, 0.4) is 0 Å². The summed E-state index contributed by atoms with van der Waals surface area (Å²) in [6.45, 7) is 0. The molecule has 0 bridgehead atoms. The zero-order chi connectivity index (χ0) is 12.4. The maximum atomic E-state index is 2.64. The van der Waals surface area contributed by atoms with E-state index in [2.05, 4.69) is 47.0 Å². The van der Waals surface area contributed by atoms with Crippen LogP contribution in [0.25, 0.3) is 21.8 Å². The second-order valence-electron chi connectivity index (χ2n) is 6.14. The van der Waals surface area contributed by atoms with Gasteiger partial charge in [0.2, 0.25) is 0 Å². The summed E-state index contributed by atoms with van der Waals surface area (Å²) < 4.78 is 2.64. The van der Waals surface area contributed by atoms with Crippen molar-refractivity contribution in [2.24, 2.45) is 0 Å². The summed E-state index contributed by atoms with van der Waals surface area (Å²) in [6, 6.07) is 16.6. The fourth-order valence-corrected chi connectivity index (χ4v) is 3.52. The Labute approximate surface area is 112 Å². The lowest BCUT2D eigenvalue weighted by Gasteiger charge is -2.09. The number of hydrogen-bond donors (Lipinski definition) is 0. The molecule has 0 N–H and O–H groups in total. The fraction of sp³-hybridized carbons (Fsp3) is 0.333. The number of rotatable bonds is 2. The average molecular weight is 247 g/mol. The van der Waals surface area contributed by atoms with Crippen LogP contribution in [0.15, 0.2) is 42.5 Å². The van der Waals surface area contributed by atoms with Crippen molar-refractivity contribution < 1.29 is 0 Å². The lowest BCUT2D eigenvalue weighted by molar-refractivity contribution is 0.800. The molecule has 0 radical (unpaired) electrons. The van der Waals surface area contributed by atoms with Gasteiger partial charge >= 0.3 is 0 Å². The van der Waals surface area contributed by atoms with Crippen molar-refractivity contribution in [1.29, 1.82) is 0 Å². The molecular formula is C18H17N. The van der Waals surface area contributed by atoms with Crippen molar-refractivity contribution in [1.82, 2.24) is 4.57 Å². The summed E-state index contributed by atoms with van der Waals surface area (Å²) in [5.74, 6) is 0.825. The van der Waals surface area contributed by atoms with Crippen LogP contribution in [-0.2, 0) is 0 Å². The molecule has 2 aliphatic rings. The van der Waals surface area contributed by atoms with Gasteiger partial charge in [0.25, 0.3) is 0 Å². The Hall–Kier alpha value is -1.76. The van der Waals surface area contributed by atoms with E-state index in [0.29, 0.717) is 0 Å². The number of fused-ring (bicyclic) bond motifs is 3. The first kappa shape index (κ1) is 10.1. The molecule has 19 heavy (non-hydrogen) atoms. The first-order valence-corrected chi connectivity index (χ1v) is 7.45. The third-order valence-corrected chi connectivity index (χ3v) is 4.69. The second kappa shape index (κ2) is 3.41. The third-order valence-electron chi connectivity index (χ3n) is 4.69. The van der Waals surface area contributed by atoms with E-state index in [1.165, 1.54) is 47.5 Å². The molecule has 1 heterocycles. The Bertz CT molecular complexity index is 788. The molecule has 0 aliphatic heterocycles. The zero-order valence-corrected chi connectivity index (χ0v) is 11.0. The minimum atomic E-state index is 0.752. The molecule has 0 amide bonds. The highest BCUT2D eigenvalue weighted by molar-refractivity contribution is 6.09. The maximum Gasteiger partial charge on any atom is 0.0529 e. The Kier molecular flexibility index (Phi) is 1.81. The van der Waals surface area contributed by atoms with Gasteiger partial charge in [0.15, 0.2) is 0 Å². The van der Waals surface area contributed by atoms with Gasteiger partial charge in [0.1, 0.15) is 0 Å². The predicted molar refractivity (Wildman–Crippen MR) is 79.7 cm³/mol. The second-order valence-corrected chi connectivity index (χ2v) is 6.14. The van der Waals surface area contributed by atoms with Gasteiger partial charge in [0.05, 0.1) is 5.52 Å². The molecule has 1 heteroatoms. The molecule has 3 aromatic rings. The smallest absolute Gasteiger partial charge is 0.0529 e. The van der Waals surface area contributed by atoms with Gasteiger partial charge < -0.3 is 4.57 Å². The molecule has 1 aromatic heterocycles. The topological polar surface area (TPSA) is 4.93 Å². The van der Waals surface area contributed by atoms with Gasteiger partial charge in [-0.1, -0.05) is 36.4 Å². The highest BCUT2D eigenvalue weighted by atomic mass is 15.0. The first-order chi connectivity index (χ1) is 9.43. The standard InChI is InChI=1S/C18H17N/c1-2-7-17-15(4-1)16-6-3-5-14(12-8-9-12)18(16)19(17)13-10-11-13/h1-7,12-13H,8-11H2. The normalized spacial score (nSPS) is 19.4. The molecule has 1 nitrogen and oxygen atoms in total. The van der Waals surface area contributed by atoms with Gasteiger partial charge in [-0.3, -0.25) is 0 Å². The van der Waals surface area contributed by atoms with Crippen molar-refractivity contribution >= 4 is 21.8 Å². The lowest BCUT2D eigenvalue weighted by atomic mass is 10.1. The Morgan fingerprint density at radius 2 is 1.58 bits per heavy atom. The molecule has 0 unspecified atom stereocenters. The van der Waals surface area contributed by atoms with Gasteiger partial charge in [0, 0.05) is 22.3 Å². The van der Waals surface area contributed by atoms with E-state index in [9.17, 15) is 0 Å². The summed E-state index contributed by atoms with van der Waals surface area (Å²) in [5.41, 5.74) is 4.57. The van der Waals surface area contributed by atoms with Gasteiger partial charge in [-0.2, -0.15) is 0 Å². The molecule has 2 aliphatic carbocycles. The van der Waals surface area contributed by atoms with E-state index >= 15 is 0 Å². The fourth-order valence-electron chi connectivity index (χ4n) is 3.52. The summed E-state index contributed by atoms with van der Waals surface area (Å²) >= 11 is 0. The molecule has 0 atom stereocenters. The molecule has 2 aromatic carbocycles. The molecule has 0 spiro atoms. The zero-order valence-electron chi connectivity index (χ0n) is 11.0. The maximum absolute atomic E-state index is 2.64. The molecular weight excluding hydrogens is 230 g/mol. The van der Waals surface area contributed by atoms with Crippen molar-refractivity contribution in [3.63, 3.8) is 0 Å². The number of hydrogen-bond acceptors (Lipinski definition) is 0. The monoisotopic (exact) mass is 247 g/mol. The Balaban J connectivity index is 2.00. The van der Waals surface area contributed by atoms with Gasteiger partial charge in [-0.15, -0.1) is 0 Å². The van der Waals surface area contributed by atoms with Crippen LogP contribution in [0, 0.1) is 0 Å². The number of para-hydroxylation sites is 2. The summed E-state index contributed by atoms with van der Waals surface area (Å²) in [5, 5.41) is 2.90. The minimum absolute atomic E-state index is 0.752. The van der Waals surface area contributed by atoms with E-state index in [4.69, 9.17) is 0 Å². The van der Waals surface area contributed by atoms with Crippen LogP contribution in [0.2, 0.25) is 0 Å². The van der Waals surface area contributed by atoms with E-state index in [-0.39, 0.29) is 0 Å². The van der Waals surface area contributed by atoms with Gasteiger partial charge in [-0.25, -0.2) is 0 Å². The number of nitrogens with zero attached hydrogens (tertiary/aromatic N) is 1. The molecule has 2 saturated carbocycles. The molecule has 5 rings (SSSR count). The lowest BCUT2D eigenvalue weighted by Crippen LogP contribution is -1.95. The summed E-state index contributed by atoms with van der Waals surface area (Å²) in [6.07, 6.45) is 5.47. The van der Waals surface area contributed by atoms with Crippen molar-refractivity contribution in [2.75, 3.05) is 0 Å². The number of benzene rings is 2. The SMILES string of the molecule is c1ccc2c(c1)c1cccc(C3CC3)c1n2C1CC1. The third kappa shape index (κ3) is 1.36. The Morgan fingerprint density at radius 1 is 0.789 bits per heavy atom. The highest BCUT2D eigenvalue weighted by Gasteiger charge is 2.31. The van der Waals surface area contributed by atoms with Crippen LogP contribution >= 0.6 is 0 Å². The molecule has 2 fully saturated rings. The summed E-state index contributed by atoms with van der Waals surface area (Å²) in [4.78, 5) is 0. The van der Waals surface area contributed by atoms with E-state index in [1.54, 1.807) is 5.56 Å². The van der Waals surface area contributed by atoms with Crippen LogP contribution in [-0.4, -0.2) is 4.57 Å². The van der Waals surface area contributed by atoms with E-state index in [0.717, 1.165) is 12.0 Å². The predicted octanol–water partition coefficient (Wildman–Crippen LogP) is 5.01. The van der Waals surface area contributed by atoms with Crippen LogP contribution < -0.4 is 0 Å². The van der Waals surface area contributed by atoms with E-state index in [1.807, 2.05) is 0 Å². The van der Waals surface area contributed by atoms with E-state index < -0.39 is 0 Å². The minimum Gasteiger partial charge on any atom is -0.337 e. The Morgan fingerprint density at radius 3 is 2.37 bits per heavy atom. The van der Waals surface area contributed by atoms with Crippen molar-refractivity contribution in [3.05, 3.63) is 48.0 Å². The van der Waals surface area contributed by atoms with Crippen LogP contribution in [0.1, 0.15) is 43.2 Å². The quantitative estimate of drug-likeness (QED) is 0.600. The molecule has 94 valence electrons. The first-order valence-electron chi connectivity index (χ1n) is 7.45. The average Bonchev–Trinajstić information content (AvgIpc) is 3.34. The van der Waals surface area contributed by atoms with Gasteiger partial charge in [-0.05, 0) is 43.2 Å². The molecule has 0 saturated heterocycles. The summed E-state index contributed by atoms with van der Waals surface area (Å²) in [7, 11) is 0. The van der Waals surface area contributed by atoms with Crippen LogP contribution in [0.5, 0.6) is 0 Å². The van der Waals surface area contributed by atoms with Crippen molar-refractivity contribution in [3.8, 4) is 0 Å². The van der Waals surface area contributed by atoms with Crippen LogP contribution in [0.4, 0.5) is 0 Å².